The van der Waals surface area contributed by atoms with Gasteiger partial charge in [-0.1, -0.05) is 24.3 Å². The molecule has 1 atom stereocenters. The lowest BCUT2D eigenvalue weighted by molar-refractivity contribution is 0.559. The fourth-order valence-electron chi connectivity index (χ4n) is 2.07. The molecule has 1 aromatic carbocycles. The van der Waals surface area contributed by atoms with Gasteiger partial charge in [0.25, 0.3) is 0 Å². The zero-order chi connectivity index (χ0) is 13.1. The highest BCUT2D eigenvalue weighted by molar-refractivity contribution is 7.12. The molecule has 0 fully saturated rings. The van der Waals surface area contributed by atoms with E-state index in [0.29, 0.717) is 0 Å². The molecular weight excluding hydrogens is 240 g/mol. The summed E-state index contributed by atoms with van der Waals surface area (Å²) in [5, 5.41) is 0. The van der Waals surface area contributed by atoms with Crippen LogP contribution in [0.4, 0.5) is 0 Å². The molecule has 0 saturated heterocycles. The molecule has 0 radical (unpaired) electrons. The molecule has 3 N–H and O–H groups in total. The molecule has 0 aliphatic carbocycles. The molecule has 2 nitrogen and oxygen atoms in total. The summed E-state index contributed by atoms with van der Waals surface area (Å²) in [4.78, 5) is 2.69. The van der Waals surface area contributed by atoms with Gasteiger partial charge in [0.1, 0.15) is 0 Å². The Morgan fingerprint density at radius 3 is 2.44 bits per heavy atom. The van der Waals surface area contributed by atoms with Crippen LogP contribution in [0.3, 0.4) is 0 Å². The number of aryl methyl sites for hydroxylation is 3. The van der Waals surface area contributed by atoms with E-state index in [0.717, 1.165) is 6.42 Å². The van der Waals surface area contributed by atoms with Crippen LogP contribution in [-0.2, 0) is 6.42 Å². The Hall–Kier alpha value is -1.16. The second-order valence-corrected chi connectivity index (χ2v) is 6.03. The number of thiophene rings is 1. The van der Waals surface area contributed by atoms with Crippen LogP contribution in [0.1, 0.15) is 32.5 Å². The molecule has 3 heteroatoms. The van der Waals surface area contributed by atoms with E-state index in [1.54, 1.807) is 0 Å². The van der Waals surface area contributed by atoms with Gasteiger partial charge in [-0.2, -0.15) is 0 Å². The largest absolute Gasteiger partial charge is 0.271 e. The summed E-state index contributed by atoms with van der Waals surface area (Å²) in [6.45, 7) is 6.45. The van der Waals surface area contributed by atoms with E-state index in [1.807, 2.05) is 11.3 Å². The van der Waals surface area contributed by atoms with Gasteiger partial charge in [-0.25, -0.2) is 0 Å². The van der Waals surface area contributed by atoms with Crippen molar-refractivity contribution in [2.75, 3.05) is 0 Å². The van der Waals surface area contributed by atoms with Gasteiger partial charge in [0.2, 0.25) is 0 Å². The van der Waals surface area contributed by atoms with Crippen molar-refractivity contribution in [1.82, 2.24) is 5.43 Å². The van der Waals surface area contributed by atoms with E-state index in [-0.39, 0.29) is 6.04 Å². The number of hydrazine groups is 1. The lowest BCUT2D eigenvalue weighted by Crippen LogP contribution is -2.29. The first-order valence-corrected chi connectivity index (χ1v) is 7.01. The lowest BCUT2D eigenvalue weighted by Gasteiger charge is -2.15. The molecule has 0 bridgehead atoms. The number of hydrogen-bond donors (Lipinski definition) is 2. The van der Waals surface area contributed by atoms with Crippen molar-refractivity contribution in [2.45, 2.75) is 33.2 Å². The maximum atomic E-state index is 5.72. The third kappa shape index (κ3) is 2.80. The maximum Gasteiger partial charge on any atom is 0.0593 e. The van der Waals surface area contributed by atoms with Crippen LogP contribution in [0.25, 0.3) is 0 Å². The van der Waals surface area contributed by atoms with Crippen LogP contribution in [-0.4, -0.2) is 0 Å². The Balaban J connectivity index is 2.22. The molecule has 2 rings (SSSR count). The molecule has 1 heterocycles. The van der Waals surface area contributed by atoms with Crippen LogP contribution in [0.5, 0.6) is 0 Å². The summed E-state index contributed by atoms with van der Waals surface area (Å²) in [7, 11) is 0. The maximum absolute atomic E-state index is 5.72. The second kappa shape index (κ2) is 5.65. The van der Waals surface area contributed by atoms with Crippen molar-refractivity contribution < 1.29 is 0 Å². The van der Waals surface area contributed by atoms with E-state index in [9.17, 15) is 0 Å². The Kier molecular flexibility index (Phi) is 4.17. The monoisotopic (exact) mass is 260 g/mol. The molecule has 0 spiro atoms. The quantitative estimate of drug-likeness (QED) is 0.653. The molecule has 1 aromatic heterocycles. The summed E-state index contributed by atoms with van der Waals surface area (Å²) < 4.78 is 0. The molecule has 18 heavy (non-hydrogen) atoms. The van der Waals surface area contributed by atoms with Crippen molar-refractivity contribution >= 4 is 11.3 Å². The molecular formula is C15H20N2S. The normalized spacial score (nSPS) is 12.7. The van der Waals surface area contributed by atoms with Gasteiger partial charge in [0, 0.05) is 9.75 Å². The fraction of sp³-hybridized carbons (Fsp3) is 0.333. The number of nitrogens with one attached hydrogen (secondary N) is 1. The smallest absolute Gasteiger partial charge is 0.0593 e. The minimum atomic E-state index is 0.198. The van der Waals surface area contributed by atoms with E-state index >= 15 is 0 Å². The molecule has 1 unspecified atom stereocenters. The third-order valence-corrected chi connectivity index (χ3v) is 4.68. The average molecular weight is 260 g/mol. The standard InChI is InChI=1S/C15H20N2S/c1-10-6-4-5-7-13(10)9-14(17-16)15-8-11(2)12(3)18-15/h4-8,14,17H,9,16H2,1-3H3. The number of hydrogen-bond acceptors (Lipinski definition) is 3. The second-order valence-electron chi connectivity index (χ2n) is 4.74. The Bertz CT molecular complexity index is 512. The van der Waals surface area contributed by atoms with Gasteiger partial charge >= 0.3 is 0 Å². The van der Waals surface area contributed by atoms with E-state index < -0.39 is 0 Å². The number of nitrogens with two attached hydrogens (primary N) is 1. The van der Waals surface area contributed by atoms with Crippen LogP contribution in [0.15, 0.2) is 30.3 Å². The van der Waals surface area contributed by atoms with E-state index in [2.05, 4.69) is 56.5 Å². The van der Waals surface area contributed by atoms with Crippen molar-refractivity contribution in [3.63, 3.8) is 0 Å². The minimum absolute atomic E-state index is 0.198. The molecule has 0 amide bonds. The summed E-state index contributed by atoms with van der Waals surface area (Å²) >= 11 is 1.83. The van der Waals surface area contributed by atoms with E-state index in [4.69, 9.17) is 5.84 Å². The molecule has 2 aromatic rings. The van der Waals surface area contributed by atoms with Crippen LogP contribution in [0.2, 0.25) is 0 Å². The lowest BCUT2D eigenvalue weighted by atomic mass is 10.0. The van der Waals surface area contributed by atoms with Gasteiger partial charge in [-0.15, -0.1) is 11.3 Å². The topological polar surface area (TPSA) is 38.0 Å². The van der Waals surface area contributed by atoms with Crippen LogP contribution in [0, 0.1) is 20.8 Å². The predicted octanol–water partition coefficient (Wildman–Crippen LogP) is 3.42. The van der Waals surface area contributed by atoms with Gasteiger partial charge < -0.3 is 0 Å². The van der Waals surface area contributed by atoms with Crippen LogP contribution < -0.4 is 11.3 Å². The zero-order valence-electron chi connectivity index (χ0n) is 11.2. The Morgan fingerprint density at radius 2 is 1.89 bits per heavy atom. The first-order valence-electron chi connectivity index (χ1n) is 6.19. The van der Waals surface area contributed by atoms with Gasteiger partial charge in [0.05, 0.1) is 6.04 Å². The summed E-state index contributed by atoms with van der Waals surface area (Å²) in [5.41, 5.74) is 6.97. The summed E-state index contributed by atoms with van der Waals surface area (Å²) in [5.74, 6) is 5.72. The molecule has 0 aliphatic heterocycles. The molecule has 0 aliphatic rings. The van der Waals surface area contributed by atoms with Gasteiger partial charge in [0.15, 0.2) is 0 Å². The highest BCUT2D eigenvalue weighted by Crippen LogP contribution is 2.28. The summed E-state index contributed by atoms with van der Waals surface area (Å²) in [6.07, 6.45) is 0.933. The highest BCUT2D eigenvalue weighted by Gasteiger charge is 2.14. The summed E-state index contributed by atoms with van der Waals surface area (Å²) in [6, 6.07) is 10.9. The fourth-order valence-corrected chi connectivity index (χ4v) is 3.18. The third-order valence-electron chi connectivity index (χ3n) is 3.41. The van der Waals surface area contributed by atoms with Crippen LogP contribution >= 0.6 is 11.3 Å². The SMILES string of the molecule is Cc1ccccc1CC(NN)c1cc(C)c(C)s1. The van der Waals surface area contributed by atoms with Crippen molar-refractivity contribution in [3.8, 4) is 0 Å². The Morgan fingerprint density at radius 1 is 1.17 bits per heavy atom. The first-order chi connectivity index (χ1) is 8.61. The average Bonchev–Trinajstić information content (AvgIpc) is 2.68. The predicted molar refractivity (Wildman–Crippen MR) is 78.7 cm³/mol. The van der Waals surface area contributed by atoms with Crippen molar-refractivity contribution in [3.05, 3.63) is 56.8 Å². The first kappa shape index (κ1) is 13.3. The zero-order valence-corrected chi connectivity index (χ0v) is 12.0. The number of rotatable bonds is 4. The van der Waals surface area contributed by atoms with E-state index in [1.165, 1.54) is 26.4 Å². The minimum Gasteiger partial charge on any atom is -0.271 e. The van der Waals surface area contributed by atoms with Gasteiger partial charge in [-0.05, 0) is 49.9 Å². The molecule has 96 valence electrons. The van der Waals surface area contributed by atoms with Gasteiger partial charge in [-0.3, -0.25) is 11.3 Å². The van der Waals surface area contributed by atoms with Crippen molar-refractivity contribution in [2.24, 2.45) is 5.84 Å². The highest BCUT2D eigenvalue weighted by atomic mass is 32.1. The van der Waals surface area contributed by atoms with Crippen molar-refractivity contribution in [1.29, 1.82) is 0 Å². The molecule has 0 saturated carbocycles. The number of benzene rings is 1. The Labute approximate surface area is 113 Å².